The SMILES string of the molecule is CC(C)(O)c1c(F)cc(F)c2c1OCC2. The first-order chi connectivity index (χ1) is 6.91. The van der Waals surface area contributed by atoms with Crippen LogP contribution in [0.1, 0.15) is 25.0 Å². The number of fused-ring (bicyclic) bond motifs is 1. The highest BCUT2D eigenvalue weighted by molar-refractivity contribution is 5.48. The van der Waals surface area contributed by atoms with Crippen molar-refractivity contribution in [3.63, 3.8) is 0 Å². The average molecular weight is 214 g/mol. The number of benzene rings is 1. The van der Waals surface area contributed by atoms with Crippen LogP contribution in [0, 0.1) is 11.6 Å². The summed E-state index contributed by atoms with van der Waals surface area (Å²) in [5.41, 5.74) is -0.975. The second-order valence-corrected chi connectivity index (χ2v) is 4.18. The molecule has 1 N–H and O–H groups in total. The summed E-state index contributed by atoms with van der Waals surface area (Å²) in [6.45, 7) is 3.23. The smallest absolute Gasteiger partial charge is 0.135 e. The molecular weight excluding hydrogens is 202 g/mol. The van der Waals surface area contributed by atoms with Gasteiger partial charge < -0.3 is 9.84 Å². The molecule has 1 aromatic rings. The molecule has 0 aliphatic carbocycles. The van der Waals surface area contributed by atoms with E-state index >= 15 is 0 Å². The molecule has 4 heteroatoms. The van der Waals surface area contributed by atoms with Crippen LogP contribution >= 0.6 is 0 Å². The van der Waals surface area contributed by atoms with Crippen molar-refractivity contribution in [2.75, 3.05) is 6.61 Å². The standard InChI is InChI=1S/C11H12F2O2/c1-11(2,14)9-8(13)5-7(12)6-3-4-15-10(6)9/h5,14H,3-4H2,1-2H3. The molecule has 1 heterocycles. The third kappa shape index (κ3) is 1.59. The molecule has 0 atom stereocenters. The summed E-state index contributed by atoms with van der Waals surface area (Å²) >= 11 is 0. The molecule has 2 rings (SSSR count). The fourth-order valence-corrected chi connectivity index (χ4v) is 1.86. The van der Waals surface area contributed by atoms with E-state index in [1.54, 1.807) is 0 Å². The maximum atomic E-state index is 13.5. The van der Waals surface area contributed by atoms with Crippen molar-refractivity contribution in [1.29, 1.82) is 0 Å². The molecule has 1 aliphatic rings. The van der Waals surface area contributed by atoms with Gasteiger partial charge in [0.2, 0.25) is 0 Å². The van der Waals surface area contributed by atoms with Gasteiger partial charge in [-0.15, -0.1) is 0 Å². The van der Waals surface area contributed by atoms with E-state index in [0.717, 1.165) is 6.07 Å². The van der Waals surface area contributed by atoms with Crippen molar-refractivity contribution in [3.05, 3.63) is 28.8 Å². The highest BCUT2D eigenvalue weighted by Crippen LogP contribution is 2.39. The Bertz CT molecular complexity index is 408. The maximum Gasteiger partial charge on any atom is 0.135 e. The first-order valence-electron chi connectivity index (χ1n) is 4.78. The molecule has 15 heavy (non-hydrogen) atoms. The van der Waals surface area contributed by atoms with Gasteiger partial charge in [-0.3, -0.25) is 0 Å². The van der Waals surface area contributed by atoms with E-state index in [-0.39, 0.29) is 11.3 Å². The van der Waals surface area contributed by atoms with Crippen LogP contribution in [0.2, 0.25) is 0 Å². The number of aliphatic hydroxyl groups is 1. The topological polar surface area (TPSA) is 29.5 Å². The summed E-state index contributed by atoms with van der Waals surface area (Å²) in [7, 11) is 0. The van der Waals surface area contributed by atoms with Crippen LogP contribution in [0.5, 0.6) is 5.75 Å². The lowest BCUT2D eigenvalue weighted by atomic mass is 9.94. The number of ether oxygens (including phenoxy) is 1. The lowest BCUT2D eigenvalue weighted by molar-refractivity contribution is 0.0712. The van der Waals surface area contributed by atoms with E-state index in [1.165, 1.54) is 13.8 Å². The van der Waals surface area contributed by atoms with Crippen molar-refractivity contribution in [2.45, 2.75) is 25.9 Å². The fraction of sp³-hybridized carbons (Fsp3) is 0.455. The Morgan fingerprint density at radius 2 is 2.00 bits per heavy atom. The minimum atomic E-state index is -1.37. The van der Waals surface area contributed by atoms with Gasteiger partial charge in [-0.25, -0.2) is 8.78 Å². The van der Waals surface area contributed by atoms with Gasteiger partial charge in [-0.1, -0.05) is 0 Å². The number of hydrogen-bond acceptors (Lipinski definition) is 2. The van der Waals surface area contributed by atoms with E-state index in [1.807, 2.05) is 0 Å². The summed E-state index contributed by atoms with van der Waals surface area (Å²) in [5.74, 6) is -1.20. The Balaban J connectivity index is 2.70. The van der Waals surface area contributed by atoms with Gasteiger partial charge in [0.1, 0.15) is 17.4 Å². The molecule has 0 saturated heterocycles. The van der Waals surface area contributed by atoms with Crippen molar-refractivity contribution in [3.8, 4) is 5.75 Å². The van der Waals surface area contributed by atoms with Crippen molar-refractivity contribution in [2.24, 2.45) is 0 Å². The molecule has 82 valence electrons. The average Bonchev–Trinajstić information content (AvgIpc) is 2.49. The maximum absolute atomic E-state index is 13.5. The predicted octanol–water partition coefficient (Wildman–Crippen LogP) is 2.13. The molecule has 0 spiro atoms. The third-order valence-electron chi connectivity index (χ3n) is 2.49. The zero-order valence-corrected chi connectivity index (χ0v) is 8.60. The van der Waals surface area contributed by atoms with Gasteiger partial charge in [0.05, 0.1) is 17.8 Å². The largest absolute Gasteiger partial charge is 0.492 e. The lowest BCUT2D eigenvalue weighted by Gasteiger charge is -2.21. The highest BCUT2D eigenvalue weighted by atomic mass is 19.1. The molecule has 1 aliphatic heterocycles. The zero-order valence-electron chi connectivity index (χ0n) is 8.60. The molecule has 0 amide bonds. The third-order valence-corrected chi connectivity index (χ3v) is 2.49. The molecule has 0 saturated carbocycles. The van der Waals surface area contributed by atoms with E-state index in [0.29, 0.717) is 18.6 Å². The Morgan fingerprint density at radius 1 is 1.33 bits per heavy atom. The van der Waals surface area contributed by atoms with Gasteiger partial charge in [0, 0.05) is 18.1 Å². The molecule has 0 bridgehead atoms. The second-order valence-electron chi connectivity index (χ2n) is 4.18. The van der Waals surface area contributed by atoms with E-state index in [4.69, 9.17) is 4.74 Å². The number of hydrogen-bond donors (Lipinski definition) is 1. The second kappa shape index (κ2) is 3.17. The summed E-state index contributed by atoms with van der Waals surface area (Å²) < 4.78 is 32.0. The van der Waals surface area contributed by atoms with Crippen LogP contribution in [-0.4, -0.2) is 11.7 Å². The first kappa shape index (κ1) is 10.4. The van der Waals surface area contributed by atoms with Crippen molar-refractivity contribution in [1.82, 2.24) is 0 Å². The summed E-state index contributed by atoms with van der Waals surface area (Å²) in [6.07, 6.45) is 0.421. The molecular formula is C11H12F2O2. The van der Waals surface area contributed by atoms with Gasteiger partial charge in [-0.05, 0) is 13.8 Å². The molecule has 0 radical (unpaired) electrons. The predicted molar refractivity (Wildman–Crippen MR) is 50.8 cm³/mol. The van der Waals surface area contributed by atoms with Crippen molar-refractivity contribution >= 4 is 0 Å². The van der Waals surface area contributed by atoms with Crippen LogP contribution in [0.15, 0.2) is 6.07 Å². The minimum Gasteiger partial charge on any atom is -0.492 e. The van der Waals surface area contributed by atoms with Crippen LogP contribution in [0.25, 0.3) is 0 Å². The summed E-state index contributed by atoms with van der Waals surface area (Å²) in [4.78, 5) is 0. The van der Waals surface area contributed by atoms with Crippen LogP contribution < -0.4 is 4.74 Å². The Kier molecular flexibility index (Phi) is 2.19. The molecule has 0 fully saturated rings. The highest BCUT2D eigenvalue weighted by Gasteiger charge is 2.32. The summed E-state index contributed by atoms with van der Waals surface area (Å²) in [6, 6.07) is 0.806. The molecule has 2 nitrogen and oxygen atoms in total. The van der Waals surface area contributed by atoms with Crippen molar-refractivity contribution < 1.29 is 18.6 Å². The Labute approximate surface area is 86.5 Å². The zero-order chi connectivity index (χ0) is 11.2. The van der Waals surface area contributed by atoms with E-state index < -0.39 is 17.2 Å². The van der Waals surface area contributed by atoms with Gasteiger partial charge >= 0.3 is 0 Å². The van der Waals surface area contributed by atoms with Crippen LogP contribution in [0.4, 0.5) is 8.78 Å². The first-order valence-corrected chi connectivity index (χ1v) is 4.78. The fourth-order valence-electron chi connectivity index (χ4n) is 1.86. The van der Waals surface area contributed by atoms with Gasteiger partial charge in [-0.2, -0.15) is 0 Å². The minimum absolute atomic E-state index is 0.0383. The summed E-state index contributed by atoms with van der Waals surface area (Å²) in [5, 5.41) is 9.78. The molecule has 0 aromatic heterocycles. The van der Waals surface area contributed by atoms with E-state index in [2.05, 4.69) is 0 Å². The Morgan fingerprint density at radius 3 is 2.60 bits per heavy atom. The quantitative estimate of drug-likeness (QED) is 0.776. The number of rotatable bonds is 1. The van der Waals surface area contributed by atoms with E-state index in [9.17, 15) is 13.9 Å². The normalized spacial score (nSPS) is 15.0. The Hall–Kier alpha value is -1.16. The van der Waals surface area contributed by atoms with Crippen LogP contribution in [0.3, 0.4) is 0 Å². The lowest BCUT2D eigenvalue weighted by Crippen LogP contribution is -2.19. The van der Waals surface area contributed by atoms with Crippen LogP contribution in [-0.2, 0) is 12.0 Å². The van der Waals surface area contributed by atoms with Gasteiger partial charge in [0.25, 0.3) is 0 Å². The molecule has 1 aromatic carbocycles. The monoisotopic (exact) mass is 214 g/mol. The number of halogens is 2. The molecule has 0 unspecified atom stereocenters. The van der Waals surface area contributed by atoms with Gasteiger partial charge in [0.15, 0.2) is 0 Å².